The molecular weight excluding hydrogens is 470 g/mol. The number of hydrogen-bond donors (Lipinski definition) is 2. The van der Waals surface area contributed by atoms with Crippen molar-refractivity contribution in [2.45, 2.75) is 26.3 Å². The molecule has 2 aliphatic rings. The maximum absolute atomic E-state index is 11.8. The van der Waals surface area contributed by atoms with Gasteiger partial charge in [-0.1, -0.05) is 48.0 Å². The maximum atomic E-state index is 11.8. The van der Waals surface area contributed by atoms with Crippen LogP contribution in [-0.4, -0.2) is 40.7 Å². The second kappa shape index (κ2) is 11.1. The Kier molecular flexibility index (Phi) is 7.44. The van der Waals surface area contributed by atoms with E-state index < -0.39 is 0 Å². The normalized spacial score (nSPS) is 17.6. The second-order valence-corrected chi connectivity index (χ2v) is 10.3. The zero-order valence-electron chi connectivity index (χ0n) is 20.2. The van der Waals surface area contributed by atoms with Gasteiger partial charge in [0.15, 0.2) is 0 Å². The fourth-order valence-corrected chi connectivity index (χ4v) is 5.26. The van der Waals surface area contributed by atoms with Crippen molar-refractivity contribution in [2.24, 2.45) is 5.92 Å². The van der Waals surface area contributed by atoms with E-state index >= 15 is 0 Å². The monoisotopic (exact) mass is 499 g/mol. The first-order valence-electron chi connectivity index (χ1n) is 12.2. The van der Waals surface area contributed by atoms with Gasteiger partial charge in [0.25, 0.3) is 11.1 Å². The highest BCUT2D eigenvalue weighted by molar-refractivity contribution is 8.18. The van der Waals surface area contributed by atoms with Gasteiger partial charge in [0, 0.05) is 25.8 Å². The van der Waals surface area contributed by atoms with Crippen molar-refractivity contribution in [1.82, 2.24) is 20.6 Å². The molecule has 36 heavy (non-hydrogen) atoms. The molecule has 0 saturated carbocycles. The fourth-order valence-electron chi connectivity index (χ4n) is 4.59. The quantitative estimate of drug-likeness (QED) is 0.452. The van der Waals surface area contributed by atoms with Crippen LogP contribution in [0, 0.1) is 12.8 Å². The third-order valence-corrected chi connectivity index (χ3v) is 7.33. The van der Waals surface area contributed by atoms with Crippen LogP contribution in [0.2, 0.25) is 0 Å². The standard InChI is InChI=1S/C28H29N5O2S/c1-19-4-2-6-22(14-19)23-7-3-5-21(15-23)18-29-17-20-9-12-33(13-10-20)27-30-11-8-24(31-27)16-25-26(34)32-28(35)36-25/h2-8,11,14-16,20,29H,9-10,12-13,17-18H2,1H3,(H,32,34,35)/b25-16-. The summed E-state index contributed by atoms with van der Waals surface area (Å²) in [7, 11) is 0. The van der Waals surface area contributed by atoms with E-state index in [2.05, 4.69) is 81.0 Å². The number of aromatic nitrogens is 2. The minimum absolute atomic E-state index is 0.352. The molecule has 2 aliphatic heterocycles. The van der Waals surface area contributed by atoms with Gasteiger partial charge in [0.05, 0.1) is 10.6 Å². The Labute approximate surface area is 215 Å². The number of thioether (sulfide) groups is 1. The molecule has 0 radical (unpaired) electrons. The molecule has 0 atom stereocenters. The average Bonchev–Trinajstić information content (AvgIpc) is 3.21. The lowest BCUT2D eigenvalue weighted by atomic mass is 9.96. The fraction of sp³-hybridized carbons (Fsp3) is 0.286. The number of anilines is 1. The highest BCUT2D eigenvalue weighted by Crippen LogP contribution is 2.26. The number of hydrogen-bond acceptors (Lipinski definition) is 7. The van der Waals surface area contributed by atoms with Crippen LogP contribution in [0.4, 0.5) is 10.7 Å². The number of benzene rings is 2. The number of nitrogens with zero attached hydrogens (tertiary/aromatic N) is 3. The lowest BCUT2D eigenvalue weighted by molar-refractivity contribution is -0.115. The van der Waals surface area contributed by atoms with Crippen molar-refractivity contribution in [3.8, 4) is 11.1 Å². The molecule has 1 aromatic heterocycles. The second-order valence-electron chi connectivity index (χ2n) is 9.26. The van der Waals surface area contributed by atoms with Crippen molar-refractivity contribution >= 4 is 34.9 Å². The number of piperidine rings is 1. The van der Waals surface area contributed by atoms with Crippen LogP contribution in [0.25, 0.3) is 17.2 Å². The number of carbonyl (C=O) groups is 2. The summed E-state index contributed by atoms with van der Waals surface area (Å²) < 4.78 is 0. The van der Waals surface area contributed by atoms with Gasteiger partial charge in [-0.15, -0.1) is 0 Å². The van der Waals surface area contributed by atoms with E-state index in [1.54, 1.807) is 18.3 Å². The highest BCUT2D eigenvalue weighted by Gasteiger charge is 2.25. The highest BCUT2D eigenvalue weighted by atomic mass is 32.2. The van der Waals surface area contributed by atoms with Crippen LogP contribution in [0.5, 0.6) is 0 Å². The molecule has 0 spiro atoms. The van der Waals surface area contributed by atoms with Gasteiger partial charge < -0.3 is 10.2 Å². The maximum Gasteiger partial charge on any atom is 0.290 e. The Bertz CT molecular complexity index is 1300. The van der Waals surface area contributed by atoms with Crippen molar-refractivity contribution in [3.05, 3.63) is 82.5 Å². The van der Waals surface area contributed by atoms with Crippen molar-refractivity contribution < 1.29 is 9.59 Å². The summed E-state index contributed by atoms with van der Waals surface area (Å²) in [6, 6.07) is 19.1. The predicted octanol–water partition coefficient (Wildman–Crippen LogP) is 4.78. The van der Waals surface area contributed by atoms with E-state index in [0.717, 1.165) is 50.8 Å². The molecule has 2 saturated heterocycles. The summed E-state index contributed by atoms with van der Waals surface area (Å²) in [6.07, 6.45) is 5.48. The third-order valence-electron chi connectivity index (χ3n) is 6.52. The summed E-state index contributed by atoms with van der Waals surface area (Å²) in [5, 5.41) is 5.56. The van der Waals surface area contributed by atoms with Crippen LogP contribution < -0.4 is 15.5 Å². The molecule has 2 N–H and O–H groups in total. The number of aryl methyl sites for hydroxylation is 1. The van der Waals surface area contributed by atoms with Gasteiger partial charge in [-0.2, -0.15) is 0 Å². The van der Waals surface area contributed by atoms with Gasteiger partial charge in [0.2, 0.25) is 5.95 Å². The minimum atomic E-state index is -0.375. The first kappa shape index (κ1) is 24.2. The molecule has 0 bridgehead atoms. The smallest absolute Gasteiger partial charge is 0.290 e. The van der Waals surface area contributed by atoms with Crippen LogP contribution in [-0.2, 0) is 11.3 Å². The van der Waals surface area contributed by atoms with Crippen LogP contribution in [0.15, 0.2) is 65.7 Å². The first-order valence-corrected chi connectivity index (χ1v) is 13.0. The zero-order valence-corrected chi connectivity index (χ0v) is 21.1. The average molecular weight is 500 g/mol. The summed E-state index contributed by atoms with van der Waals surface area (Å²) in [6.45, 7) is 5.74. The van der Waals surface area contributed by atoms with E-state index in [9.17, 15) is 9.59 Å². The van der Waals surface area contributed by atoms with E-state index in [1.807, 2.05) is 0 Å². The molecule has 5 rings (SSSR count). The number of carbonyl (C=O) groups excluding carboxylic acids is 2. The van der Waals surface area contributed by atoms with E-state index in [-0.39, 0.29) is 11.1 Å². The van der Waals surface area contributed by atoms with Crippen LogP contribution in [0.3, 0.4) is 0 Å². The van der Waals surface area contributed by atoms with Crippen molar-refractivity contribution in [3.63, 3.8) is 0 Å². The molecule has 7 nitrogen and oxygen atoms in total. The molecule has 2 fully saturated rings. The molecule has 3 aromatic rings. The number of rotatable bonds is 7. The van der Waals surface area contributed by atoms with E-state index in [1.165, 1.54) is 22.3 Å². The van der Waals surface area contributed by atoms with E-state index in [0.29, 0.717) is 22.5 Å². The van der Waals surface area contributed by atoms with Gasteiger partial charge >= 0.3 is 0 Å². The SMILES string of the molecule is Cc1cccc(-c2cccc(CNCC3CCN(c4nccc(/C=C5\SC(=O)NC5=O)n4)CC3)c2)c1. The molecule has 0 unspecified atom stereocenters. The number of nitrogens with one attached hydrogen (secondary N) is 2. The van der Waals surface area contributed by atoms with Crippen LogP contribution in [0.1, 0.15) is 29.7 Å². The third kappa shape index (κ3) is 6.01. The zero-order chi connectivity index (χ0) is 24.9. The first-order chi connectivity index (χ1) is 17.5. The summed E-state index contributed by atoms with van der Waals surface area (Å²) in [5.41, 5.74) is 5.70. The molecule has 184 valence electrons. The van der Waals surface area contributed by atoms with Gasteiger partial charge in [0.1, 0.15) is 0 Å². The molecule has 3 heterocycles. The Balaban J connectivity index is 1.11. The molecule has 8 heteroatoms. The number of imide groups is 1. The Morgan fingerprint density at radius 2 is 1.86 bits per heavy atom. The van der Waals surface area contributed by atoms with Gasteiger partial charge in [-0.05, 0) is 78.9 Å². The van der Waals surface area contributed by atoms with Gasteiger partial charge in [-0.3, -0.25) is 14.9 Å². The lowest BCUT2D eigenvalue weighted by Gasteiger charge is -2.32. The van der Waals surface area contributed by atoms with E-state index in [4.69, 9.17) is 0 Å². The van der Waals surface area contributed by atoms with Gasteiger partial charge in [-0.25, -0.2) is 9.97 Å². The molecule has 0 aliphatic carbocycles. The van der Waals surface area contributed by atoms with Crippen molar-refractivity contribution in [2.75, 3.05) is 24.5 Å². The topological polar surface area (TPSA) is 87.2 Å². The Hall–Kier alpha value is -3.49. The summed E-state index contributed by atoms with van der Waals surface area (Å²) in [5.74, 6) is 0.898. The summed E-state index contributed by atoms with van der Waals surface area (Å²) >= 11 is 0.897. The predicted molar refractivity (Wildman–Crippen MR) is 144 cm³/mol. The Morgan fingerprint density at radius 1 is 1.08 bits per heavy atom. The van der Waals surface area contributed by atoms with Crippen molar-refractivity contribution in [1.29, 1.82) is 0 Å². The molecule has 2 aromatic carbocycles. The summed E-state index contributed by atoms with van der Waals surface area (Å²) in [4.78, 5) is 34.8. The lowest BCUT2D eigenvalue weighted by Crippen LogP contribution is -2.38. The Morgan fingerprint density at radius 3 is 2.61 bits per heavy atom. The van der Waals surface area contributed by atoms with Crippen LogP contribution >= 0.6 is 11.8 Å². The largest absolute Gasteiger partial charge is 0.341 e. The molecular formula is C28H29N5O2S. The molecule has 2 amide bonds. The minimum Gasteiger partial charge on any atom is -0.341 e. The number of amides is 2.